The van der Waals surface area contributed by atoms with Gasteiger partial charge in [-0.15, -0.1) is 40.5 Å². The maximum absolute atomic E-state index is 11.7. The predicted octanol–water partition coefficient (Wildman–Crippen LogP) is 12.9. The summed E-state index contributed by atoms with van der Waals surface area (Å²) in [5.74, 6) is 1.21. The van der Waals surface area contributed by atoms with Gasteiger partial charge in [-0.2, -0.15) is 0 Å². The van der Waals surface area contributed by atoms with Crippen LogP contribution in [0.25, 0.3) is 43.4 Å². The molecule has 2 aromatic heterocycles. The minimum absolute atomic E-state index is 0. The Bertz CT molecular complexity index is 1840. The Morgan fingerprint density at radius 2 is 1.53 bits per heavy atom. The van der Waals surface area contributed by atoms with Gasteiger partial charge in [-0.05, 0) is 71.6 Å². The van der Waals surface area contributed by atoms with Crippen LogP contribution >= 0.6 is 11.3 Å². The van der Waals surface area contributed by atoms with Crippen molar-refractivity contribution in [3.8, 4) is 22.4 Å². The summed E-state index contributed by atoms with van der Waals surface area (Å²) < 4.78 is 1.24. The van der Waals surface area contributed by atoms with Gasteiger partial charge in [0.25, 0.3) is 0 Å². The third kappa shape index (κ3) is 10.2. The first-order chi connectivity index (χ1) is 22.9. The molecule has 5 aromatic rings. The zero-order valence-electron chi connectivity index (χ0n) is 30.8. The van der Waals surface area contributed by atoms with Gasteiger partial charge in [-0.25, -0.2) is 0 Å². The average Bonchev–Trinajstić information content (AvgIpc) is 3.54. The van der Waals surface area contributed by atoms with Crippen molar-refractivity contribution < 1.29 is 30.0 Å². The molecule has 1 radical (unpaired) electrons. The van der Waals surface area contributed by atoms with E-state index in [1.165, 1.54) is 38.4 Å². The molecular formula is C44H54IrNO2S-. The number of aliphatic hydroxyl groups is 1. The minimum atomic E-state index is 0. The summed E-state index contributed by atoms with van der Waals surface area (Å²) in [4.78, 5) is 16.8. The van der Waals surface area contributed by atoms with Crippen molar-refractivity contribution in [2.75, 3.05) is 0 Å². The molecule has 2 heterocycles. The van der Waals surface area contributed by atoms with E-state index >= 15 is 0 Å². The molecule has 0 unspecified atom stereocenters. The molecule has 0 spiro atoms. The van der Waals surface area contributed by atoms with Crippen LogP contribution in [0.15, 0.2) is 83.9 Å². The molecular weight excluding hydrogens is 799 g/mol. The number of nitrogens with zero attached hydrogens (tertiary/aromatic N) is 1. The zero-order valence-corrected chi connectivity index (χ0v) is 34.0. The van der Waals surface area contributed by atoms with Gasteiger partial charge in [-0.3, -0.25) is 9.78 Å². The van der Waals surface area contributed by atoms with Crippen molar-refractivity contribution in [2.45, 2.75) is 99.8 Å². The SMILES string of the molecule is CC(C)Cc1ccc(-c2cc(-c3[c-]c4ccccc4c(C(C)(C)C)c3)nc3ccsc23)cc1.CCC(CC)C(=O)/C=C(\O)C(CC)CC.[Ir]. The summed E-state index contributed by atoms with van der Waals surface area (Å²) in [6.45, 7) is 19.4. The molecule has 0 fully saturated rings. The Morgan fingerprint density at radius 1 is 0.898 bits per heavy atom. The van der Waals surface area contributed by atoms with Gasteiger partial charge in [0.05, 0.1) is 16.0 Å². The number of thiophene rings is 1. The number of aromatic nitrogens is 1. The molecule has 0 amide bonds. The minimum Gasteiger partial charge on any atom is -0.512 e. The van der Waals surface area contributed by atoms with Crippen LogP contribution in [-0.4, -0.2) is 15.9 Å². The van der Waals surface area contributed by atoms with Crippen LogP contribution in [-0.2, 0) is 36.7 Å². The van der Waals surface area contributed by atoms with E-state index in [1.807, 2.05) is 27.7 Å². The summed E-state index contributed by atoms with van der Waals surface area (Å²) in [7, 11) is 0. The number of carbonyl (C=O) groups excluding carboxylic acids is 1. The second-order valence-corrected chi connectivity index (χ2v) is 15.3. The molecule has 0 aliphatic heterocycles. The number of rotatable bonds is 11. The number of aliphatic hydroxyl groups excluding tert-OH is 1. The Morgan fingerprint density at radius 3 is 2.12 bits per heavy atom. The van der Waals surface area contributed by atoms with E-state index in [-0.39, 0.29) is 48.9 Å². The van der Waals surface area contributed by atoms with Gasteiger partial charge < -0.3 is 5.11 Å². The second kappa shape index (κ2) is 18.2. The van der Waals surface area contributed by atoms with Crippen LogP contribution in [0.2, 0.25) is 0 Å². The van der Waals surface area contributed by atoms with Crippen LogP contribution in [0.4, 0.5) is 0 Å². The molecule has 49 heavy (non-hydrogen) atoms. The molecule has 0 saturated carbocycles. The molecule has 5 rings (SSSR count). The van der Waals surface area contributed by atoms with Crippen molar-refractivity contribution >= 4 is 38.1 Å². The van der Waals surface area contributed by atoms with Gasteiger partial charge in [0.2, 0.25) is 0 Å². The maximum atomic E-state index is 11.7. The molecule has 1 N–H and O–H groups in total. The summed E-state index contributed by atoms with van der Waals surface area (Å²) in [5.41, 5.74) is 8.35. The van der Waals surface area contributed by atoms with E-state index in [1.54, 1.807) is 11.3 Å². The van der Waals surface area contributed by atoms with Crippen molar-refractivity contribution in [2.24, 2.45) is 17.8 Å². The monoisotopic (exact) mass is 853 g/mol. The largest absolute Gasteiger partial charge is 0.512 e. The van der Waals surface area contributed by atoms with E-state index < -0.39 is 0 Å². The molecule has 5 heteroatoms. The Labute approximate surface area is 312 Å². The molecule has 3 aromatic carbocycles. The topological polar surface area (TPSA) is 50.2 Å². The van der Waals surface area contributed by atoms with Crippen molar-refractivity contribution in [1.29, 1.82) is 0 Å². The van der Waals surface area contributed by atoms with Crippen LogP contribution < -0.4 is 0 Å². The first kappa shape index (κ1) is 40.3. The molecule has 3 nitrogen and oxygen atoms in total. The maximum Gasteiger partial charge on any atom is 0.162 e. The molecule has 0 atom stereocenters. The Kier molecular flexibility index (Phi) is 15.0. The number of benzene rings is 3. The van der Waals surface area contributed by atoms with E-state index in [0.717, 1.165) is 54.3 Å². The van der Waals surface area contributed by atoms with Gasteiger partial charge >= 0.3 is 0 Å². The fourth-order valence-corrected chi connectivity index (χ4v) is 7.24. The van der Waals surface area contributed by atoms with Crippen LogP contribution in [0.3, 0.4) is 0 Å². The number of hydrogen-bond donors (Lipinski definition) is 1. The van der Waals surface area contributed by atoms with Gasteiger partial charge in [-0.1, -0.05) is 122 Å². The average molecular weight is 853 g/mol. The van der Waals surface area contributed by atoms with Crippen molar-refractivity contribution in [3.63, 3.8) is 0 Å². The van der Waals surface area contributed by atoms with E-state index in [0.29, 0.717) is 5.92 Å². The summed E-state index contributed by atoms with van der Waals surface area (Å²) in [6, 6.07) is 28.0. The van der Waals surface area contributed by atoms with Gasteiger partial charge in [0, 0.05) is 43.7 Å². The van der Waals surface area contributed by atoms with Gasteiger partial charge in [0.1, 0.15) is 0 Å². The Balaban J connectivity index is 0.000000347. The number of ketones is 1. The number of fused-ring (bicyclic) bond motifs is 2. The van der Waals surface area contributed by atoms with Gasteiger partial charge in [0.15, 0.2) is 5.78 Å². The molecule has 0 bridgehead atoms. The van der Waals surface area contributed by atoms with Crippen molar-refractivity contribution in [1.82, 2.24) is 4.98 Å². The molecule has 0 aliphatic carbocycles. The van der Waals surface area contributed by atoms with Crippen LogP contribution in [0, 0.1) is 23.8 Å². The number of carbonyl (C=O) groups is 1. The number of allylic oxidation sites excluding steroid dienone is 2. The molecule has 0 aliphatic rings. The fourth-order valence-electron chi connectivity index (χ4n) is 6.37. The first-order valence-corrected chi connectivity index (χ1v) is 18.7. The summed E-state index contributed by atoms with van der Waals surface area (Å²) in [6.07, 6.45) is 6.02. The van der Waals surface area contributed by atoms with E-state index in [2.05, 4.69) is 113 Å². The first-order valence-electron chi connectivity index (χ1n) is 17.8. The van der Waals surface area contributed by atoms with Crippen LogP contribution in [0.5, 0.6) is 0 Å². The number of pyridine rings is 1. The third-order valence-electron chi connectivity index (χ3n) is 9.26. The Hall–Kier alpha value is -3.11. The van der Waals surface area contributed by atoms with E-state index in [9.17, 15) is 9.90 Å². The standard InChI is InChI=1S/C31H30NS.C13H24O2.Ir/c1-20(2)16-21-10-12-22(13-11-21)26-19-29(32-28-14-15-33-30(26)28)24-17-23-8-6-7-9-25(23)27(18-24)31(3,4)5;1-5-10(6-2)12(14)9-13(15)11(7-3)8-4;/h6-15,18-20H,16H2,1-5H3;9-11,14H,5-8H2,1-4H3;/q-1;;/b;12-9-;. The zero-order chi connectivity index (χ0) is 35.0. The fraction of sp³-hybridized carbons (Fsp3) is 0.409. The molecule has 0 saturated heterocycles. The quantitative estimate of drug-likeness (QED) is 0.0818. The summed E-state index contributed by atoms with van der Waals surface area (Å²) in [5, 5.41) is 14.3. The summed E-state index contributed by atoms with van der Waals surface area (Å²) >= 11 is 1.76. The second-order valence-electron chi connectivity index (χ2n) is 14.4. The van der Waals surface area contributed by atoms with E-state index in [4.69, 9.17) is 4.98 Å². The number of hydrogen-bond acceptors (Lipinski definition) is 4. The third-order valence-corrected chi connectivity index (χ3v) is 10.2. The normalized spacial score (nSPS) is 12.0. The molecule has 263 valence electrons. The van der Waals surface area contributed by atoms with Crippen LogP contribution in [0.1, 0.15) is 99.1 Å². The smallest absolute Gasteiger partial charge is 0.162 e. The predicted molar refractivity (Wildman–Crippen MR) is 208 cm³/mol. The van der Waals surface area contributed by atoms with Crippen molar-refractivity contribution in [3.05, 3.63) is 101 Å².